The lowest BCUT2D eigenvalue weighted by atomic mass is 10.1. The number of hydrogen-bond donors (Lipinski definition) is 1. The van der Waals surface area contributed by atoms with Crippen molar-refractivity contribution in [3.8, 4) is 11.5 Å². The number of methoxy groups -OCH3 is 2. The van der Waals surface area contributed by atoms with Crippen LogP contribution in [0.2, 0.25) is 0 Å². The van der Waals surface area contributed by atoms with Crippen LogP contribution in [0.4, 0.5) is 0 Å². The Morgan fingerprint density at radius 3 is 2.69 bits per heavy atom. The summed E-state index contributed by atoms with van der Waals surface area (Å²) in [5.41, 5.74) is 0.754. The van der Waals surface area contributed by atoms with Gasteiger partial charge in [-0.1, -0.05) is 0 Å². The van der Waals surface area contributed by atoms with E-state index in [9.17, 15) is 9.59 Å². The van der Waals surface area contributed by atoms with Gasteiger partial charge in [0.1, 0.15) is 17.3 Å². The van der Waals surface area contributed by atoms with Gasteiger partial charge < -0.3 is 23.9 Å². The van der Waals surface area contributed by atoms with Crippen molar-refractivity contribution in [2.75, 3.05) is 20.8 Å². The largest absolute Gasteiger partial charge is 0.497 e. The molecule has 1 aromatic heterocycles. The first kappa shape index (κ1) is 19.1. The van der Waals surface area contributed by atoms with Crippen LogP contribution in [0.15, 0.2) is 47.1 Å². The minimum Gasteiger partial charge on any atom is -0.497 e. The minimum absolute atomic E-state index is 0.357. The lowest BCUT2D eigenvalue weighted by Gasteiger charge is -2.18. The van der Waals surface area contributed by atoms with Crippen molar-refractivity contribution in [2.24, 2.45) is 0 Å². The standard InChI is InChI=1S/C19H21NO6/c1-13(16-11-15(23-2)6-8-17(16)24-3)20-18(21)12-26-19(22)9-7-14-5-4-10-25-14/h4-11,13H,12H2,1-3H3,(H,20,21)/b9-7+/t13-/m0/s1. The number of carbonyl (C=O) groups is 2. The zero-order chi connectivity index (χ0) is 18.9. The molecule has 0 aliphatic rings. The smallest absolute Gasteiger partial charge is 0.331 e. The van der Waals surface area contributed by atoms with Gasteiger partial charge in [0.25, 0.3) is 5.91 Å². The van der Waals surface area contributed by atoms with Gasteiger partial charge in [-0.25, -0.2) is 4.79 Å². The quantitative estimate of drug-likeness (QED) is 0.576. The van der Waals surface area contributed by atoms with Gasteiger partial charge in [-0.15, -0.1) is 0 Å². The maximum Gasteiger partial charge on any atom is 0.331 e. The van der Waals surface area contributed by atoms with Crippen molar-refractivity contribution in [2.45, 2.75) is 13.0 Å². The molecule has 1 aromatic carbocycles. The van der Waals surface area contributed by atoms with Gasteiger partial charge in [0.2, 0.25) is 0 Å². The predicted molar refractivity (Wildman–Crippen MR) is 94.8 cm³/mol. The fraction of sp³-hybridized carbons (Fsp3) is 0.263. The number of nitrogens with one attached hydrogen (secondary N) is 1. The highest BCUT2D eigenvalue weighted by molar-refractivity contribution is 5.89. The van der Waals surface area contributed by atoms with Gasteiger partial charge in [-0.2, -0.15) is 0 Å². The van der Waals surface area contributed by atoms with Crippen LogP contribution in [0.3, 0.4) is 0 Å². The Morgan fingerprint density at radius 1 is 1.23 bits per heavy atom. The van der Waals surface area contributed by atoms with Crippen LogP contribution in [-0.4, -0.2) is 32.7 Å². The average molecular weight is 359 g/mol. The Bertz CT molecular complexity index is 766. The second kappa shape index (κ2) is 9.31. The van der Waals surface area contributed by atoms with Crippen LogP contribution in [0.25, 0.3) is 6.08 Å². The summed E-state index contributed by atoms with van der Waals surface area (Å²) >= 11 is 0. The molecule has 1 N–H and O–H groups in total. The second-order valence-electron chi connectivity index (χ2n) is 5.35. The van der Waals surface area contributed by atoms with Gasteiger partial charge in [-0.3, -0.25) is 4.79 Å². The minimum atomic E-state index is -0.636. The van der Waals surface area contributed by atoms with Crippen molar-refractivity contribution in [3.63, 3.8) is 0 Å². The number of furan rings is 1. The third-order valence-corrected chi connectivity index (χ3v) is 3.55. The number of amides is 1. The molecular weight excluding hydrogens is 338 g/mol. The first-order valence-corrected chi connectivity index (χ1v) is 7.93. The molecule has 2 aromatic rings. The summed E-state index contributed by atoms with van der Waals surface area (Å²) in [6, 6.07) is 8.35. The molecular formula is C19H21NO6. The molecule has 0 fully saturated rings. The predicted octanol–water partition coefficient (Wildman–Crippen LogP) is 2.73. The fourth-order valence-electron chi connectivity index (χ4n) is 2.26. The molecule has 7 nitrogen and oxygen atoms in total. The molecule has 26 heavy (non-hydrogen) atoms. The van der Waals surface area contributed by atoms with E-state index in [1.165, 1.54) is 18.4 Å². The molecule has 2 rings (SSSR count). The SMILES string of the molecule is COc1ccc(OC)c([C@H](C)NC(=O)COC(=O)/C=C/c2ccco2)c1. The number of rotatable bonds is 8. The maximum absolute atomic E-state index is 12.0. The monoisotopic (exact) mass is 359 g/mol. The van der Waals surface area contributed by atoms with E-state index >= 15 is 0 Å². The van der Waals surface area contributed by atoms with Gasteiger partial charge in [-0.05, 0) is 43.3 Å². The summed E-state index contributed by atoms with van der Waals surface area (Å²) < 4.78 is 20.5. The molecule has 0 unspecified atom stereocenters. The zero-order valence-electron chi connectivity index (χ0n) is 14.9. The van der Waals surface area contributed by atoms with Crippen LogP contribution in [0.5, 0.6) is 11.5 Å². The number of ether oxygens (including phenoxy) is 3. The molecule has 138 valence electrons. The van der Waals surface area contributed by atoms with Gasteiger partial charge >= 0.3 is 5.97 Å². The first-order valence-electron chi connectivity index (χ1n) is 7.93. The summed E-state index contributed by atoms with van der Waals surface area (Å²) in [4.78, 5) is 23.6. The van der Waals surface area contributed by atoms with E-state index < -0.39 is 18.5 Å². The molecule has 1 amide bonds. The fourth-order valence-corrected chi connectivity index (χ4v) is 2.26. The van der Waals surface area contributed by atoms with Crippen LogP contribution in [0, 0.1) is 0 Å². The van der Waals surface area contributed by atoms with Gasteiger partial charge in [0.05, 0.1) is 26.5 Å². The van der Waals surface area contributed by atoms with E-state index in [0.29, 0.717) is 17.3 Å². The van der Waals surface area contributed by atoms with Crippen LogP contribution >= 0.6 is 0 Å². The van der Waals surface area contributed by atoms with Crippen molar-refractivity contribution in [3.05, 3.63) is 54.0 Å². The highest BCUT2D eigenvalue weighted by Crippen LogP contribution is 2.29. The zero-order valence-corrected chi connectivity index (χ0v) is 14.9. The molecule has 0 aliphatic carbocycles. The maximum atomic E-state index is 12.0. The summed E-state index contributed by atoms with van der Waals surface area (Å²) in [7, 11) is 3.11. The van der Waals surface area contributed by atoms with Gasteiger partial charge in [0.15, 0.2) is 6.61 Å². The van der Waals surface area contributed by atoms with E-state index in [0.717, 1.165) is 5.56 Å². The molecule has 0 spiro atoms. The molecule has 0 saturated carbocycles. The molecule has 1 heterocycles. The summed E-state index contributed by atoms with van der Waals surface area (Å²) in [5.74, 6) is 0.726. The van der Waals surface area contributed by atoms with E-state index in [1.54, 1.807) is 51.5 Å². The summed E-state index contributed by atoms with van der Waals surface area (Å²) in [5, 5.41) is 2.75. The lowest BCUT2D eigenvalue weighted by molar-refractivity contribution is -0.144. The van der Waals surface area contributed by atoms with E-state index in [2.05, 4.69) is 5.32 Å². The van der Waals surface area contributed by atoms with Crippen molar-refractivity contribution in [1.82, 2.24) is 5.32 Å². The second-order valence-corrected chi connectivity index (χ2v) is 5.35. The molecule has 0 saturated heterocycles. The van der Waals surface area contributed by atoms with Gasteiger partial charge in [0, 0.05) is 11.6 Å². The van der Waals surface area contributed by atoms with Crippen molar-refractivity contribution in [1.29, 1.82) is 0 Å². The Morgan fingerprint density at radius 2 is 2.04 bits per heavy atom. The first-order chi connectivity index (χ1) is 12.5. The Labute approximate surface area is 151 Å². The third kappa shape index (κ3) is 5.41. The van der Waals surface area contributed by atoms with Crippen LogP contribution in [0.1, 0.15) is 24.3 Å². The molecule has 0 bridgehead atoms. The molecule has 7 heteroatoms. The Kier molecular flexibility index (Phi) is 6.84. The highest BCUT2D eigenvalue weighted by atomic mass is 16.5. The molecule has 0 aliphatic heterocycles. The lowest BCUT2D eigenvalue weighted by Crippen LogP contribution is -2.31. The van der Waals surface area contributed by atoms with Crippen LogP contribution in [-0.2, 0) is 14.3 Å². The number of hydrogen-bond acceptors (Lipinski definition) is 6. The third-order valence-electron chi connectivity index (χ3n) is 3.55. The van der Waals surface area contributed by atoms with E-state index in [1.807, 2.05) is 0 Å². The van der Waals surface area contributed by atoms with Crippen molar-refractivity contribution >= 4 is 18.0 Å². The van der Waals surface area contributed by atoms with Crippen molar-refractivity contribution < 1.29 is 28.2 Å². The number of esters is 1. The van der Waals surface area contributed by atoms with E-state index in [-0.39, 0.29) is 6.04 Å². The molecule has 0 radical (unpaired) electrons. The van der Waals surface area contributed by atoms with Crippen LogP contribution < -0.4 is 14.8 Å². The topological polar surface area (TPSA) is 87.0 Å². The Balaban J connectivity index is 1.88. The summed E-state index contributed by atoms with van der Waals surface area (Å²) in [6.45, 7) is 1.41. The normalized spacial score (nSPS) is 11.8. The Hall–Kier alpha value is -3.22. The molecule has 1 atom stereocenters. The average Bonchev–Trinajstić information content (AvgIpc) is 3.17. The number of benzene rings is 1. The number of carbonyl (C=O) groups excluding carboxylic acids is 2. The highest BCUT2D eigenvalue weighted by Gasteiger charge is 2.16. The van der Waals surface area contributed by atoms with E-state index in [4.69, 9.17) is 18.6 Å². The summed E-state index contributed by atoms with van der Waals surface area (Å²) in [6.07, 6.45) is 4.15.